The Hall–Kier alpha value is -2.48. The molecule has 0 nitrogen and oxygen atoms in total. The maximum atomic E-state index is 2.59. The number of rotatable bonds is 4. The quantitative estimate of drug-likeness (QED) is 0.226. The number of hydrogen-bond donors (Lipinski definition) is 0. The van der Waals surface area contributed by atoms with Crippen LogP contribution in [-0.2, 0) is 17.4 Å². The first-order valence-electron chi connectivity index (χ1n) is 18.3. The zero-order chi connectivity index (χ0) is 32.1. The van der Waals surface area contributed by atoms with Crippen LogP contribution in [0.2, 0.25) is 0 Å². The van der Waals surface area contributed by atoms with E-state index in [0.717, 1.165) is 23.7 Å². The van der Waals surface area contributed by atoms with Crippen LogP contribution >= 0.6 is 0 Å². The Kier molecular flexibility index (Phi) is 9.45. The minimum Gasteiger partial charge on any atom is -1.00 e. The second-order valence-electron chi connectivity index (χ2n) is 16.1. The number of aryl methyl sites for hydroxylation is 6. The van der Waals surface area contributed by atoms with Gasteiger partial charge in [-0.05, 0) is 0 Å². The normalized spacial score (nSPS) is 22.6. The van der Waals surface area contributed by atoms with Crippen LogP contribution in [0.5, 0.6) is 0 Å². The molecule has 10 rings (SSSR count). The molecule has 0 aliphatic heterocycles. The van der Waals surface area contributed by atoms with E-state index >= 15 is 0 Å². The van der Waals surface area contributed by atoms with Gasteiger partial charge in [0.1, 0.15) is 0 Å². The summed E-state index contributed by atoms with van der Waals surface area (Å²) >= 11 is -1.90. The number of benzene rings is 4. The smallest absolute Gasteiger partial charge is 1.00 e. The Morgan fingerprint density at radius 3 is 1.41 bits per heavy atom. The number of halogens is 2. The molecule has 250 valence electrons. The van der Waals surface area contributed by atoms with E-state index in [4.69, 9.17) is 0 Å². The van der Waals surface area contributed by atoms with Crippen molar-refractivity contribution in [3.8, 4) is 33.4 Å². The van der Waals surface area contributed by atoms with Gasteiger partial charge in [0, 0.05) is 0 Å². The molecule has 0 radical (unpaired) electrons. The third-order valence-electron chi connectivity index (χ3n) is 12.7. The van der Waals surface area contributed by atoms with Crippen molar-refractivity contribution >= 4 is 3.81 Å². The van der Waals surface area contributed by atoms with E-state index in [-0.39, 0.29) is 24.8 Å². The van der Waals surface area contributed by atoms with Crippen molar-refractivity contribution < 1.29 is 42.2 Å². The van der Waals surface area contributed by atoms with E-state index in [1.54, 1.807) is 11.1 Å². The van der Waals surface area contributed by atoms with Gasteiger partial charge in [-0.25, -0.2) is 0 Å². The standard InChI is InChI=1S/C31H29.C10H14.C5H5.2ClH.Ti/c1-18-11-20(3)30(21(4)12-18)26-9-7-24-15-25-8-10-27(17-29(25)28(24)16-26)31-22(5)13-19(2)14-23(31)6;1-7-2-9-4-8(1)5-10(3-7)6-9;1-2-4-5-3-1;;;/h7-17H,1-6H3;7-10H,1-5H2;1-3H,4H2;2*1H;/q;;;;;+2/p-2. The molecule has 3 heteroatoms. The zero-order valence-electron chi connectivity index (χ0n) is 29.9. The molecular weight excluding hydrogens is 671 g/mol. The largest absolute Gasteiger partial charge is 1.00 e. The van der Waals surface area contributed by atoms with Gasteiger partial charge in [-0.2, -0.15) is 0 Å². The fourth-order valence-corrected chi connectivity index (χ4v) is 18.0. The second-order valence-corrected chi connectivity index (χ2v) is 20.2. The van der Waals surface area contributed by atoms with E-state index in [2.05, 4.69) is 124 Å². The van der Waals surface area contributed by atoms with Gasteiger partial charge in [-0.1, -0.05) is 0 Å². The van der Waals surface area contributed by atoms with Gasteiger partial charge in [-0.15, -0.1) is 0 Å². The molecular formula is C46H48Cl2Ti. The molecule has 0 atom stereocenters. The third kappa shape index (κ3) is 5.74. The topological polar surface area (TPSA) is 0 Å². The molecule has 4 bridgehead atoms. The van der Waals surface area contributed by atoms with Crippen molar-refractivity contribution in [3.05, 3.63) is 127 Å². The van der Waals surface area contributed by atoms with Crippen molar-refractivity contribution in [3.63, 3.8) is 0 Å². The van der Waals surface area contributed by atoms with Crippen molar-refractivity contribution in [2.24, 2.45) is 23.7 Å². The van der Waals surface area contributed by atoms with Crippen molar-refractivity contribution in [1.29, 1.82) is 0 Å². The predicted molar refractivity (Wildman–Crippen MR) is 197 cm³/mol. The Morgan fingerprint density at radius 1 is 0.551 bits per heavy atom. The molecule has 4 aromatic carbocycles. The summed E-state index contributed by atoms with van der Waals surface area (Å²) in [6.45, 7) is 13.6. The van der Waals surface area contributed by atoms with E-state index in [0.29, 0.717) is 4.22 Å². The minimum atomic E-state index is -1.90. The van der Waals surface area contributed by atoms with Crippen LogP contribution in [0.3, 0.4) is 0 Å². The number of allylic oxidation sites excluding steroid dienone is 4. The van der Waals surface area contributed by atoms with Gasteiger partial charge in [0.25, 0.3) is 0 Å². The number of hydrogen-bond acceptors (Lipinski definition) is 0. The minimum absolute atomic E-state index is 0. The molecule has 4 saturated carbocycles. The van der Waals surface area contributed by atoms with E-state index in [1.165, 1.54) is 105 Å². The van der Waals surface area contributed by atoms with Crippen LogP contribution in [0.4, 0.5) is 0 Å². The molecule has 0 N–H and O–H groups in total. The molecule has 6 aliphatic carbocycles. The van der Waals surface area contributed by atoms with E-state index in [1.807, 2.05) is 3.88 Å². The molecule has 0 saturated heterocycles. The molecule has 0 amide bonds. The van der Waals surface area contributed by atoms with Crippen LogP contribution in [0.25, 0.3) is 33.4 Å². The van der Waals surface area contributed by atoms with E-state index in [9.17, 15) is 0 Å². The van der Waals surface area contributed by atoms with Crippen LogP contribution in [0, 0.1) is 65.2 Å². The Morgan fingerprint density at radius 2 is 1.00 bits per heavy atom. The Bertz CT molecular complexity index is 1910. The van der Waals surface area contributed by atoms with Crippen molar-refractivity contribution in [2.45, 2.75) is 84.3 Å². The summed E-state index contributed by atoms with van der Waals surface area (Å²) in [6, 6.07) is 24.8. The third-order valence-corrected chi connectivity index (χ3v) is 18.5. The molecule has 0 aromatic heterocycles. The summed E-state index contributed by atoms with van der Waals surface area (Å²) in [7, 11) is 0. The Balaban J connectivity index is 0.00000189. The fourth-order valence-electron chi connectivity index (χ4n) is 11.5. The average Bonchev–Trinajstić information content (AvgIpc) is 3.64. The van der Waals surface area contributed by atoms with Crippen LogP contribution < -0.4 is 24.8 Å². The summed E-state index contributed by atoms with van der Waals surface area (Å²) in [6.07, 6.45) is 16.1. The van der Waals surface area contributed by atoms with Gasteiger partial charge in [0.05, 0.1) is 0 Å². The van der Waals surface area contributed by atoms with Gasteiger partial charge in [0.15, 0.2) is 0 Å². The van der Waals surface area contributed by atoms with Crippen molar-refractivity contribution in [2.75, 3.05) is 0 Å². The van der Waals surface area contributed by atoms with Gasteiger partial charge >= 0.3 is 290 Å². The fraction of sp³-hybridized carbons (Fsp3) is 0.370. The van der Waals surface area contributed by atoms with Crippen LogP contribution in [0.1, 0.15) is 87.3 Å². The first kappa shape index (κ1) is 34.9. The molecule has 0 unspecified atom stereocenters. The first-order chi connectivity index (χ1) is 22.7. The maximum Gasteiger partial charge on any atom is -1.00 e. The maximum absolute atomic E-state index is 2.59. The SMILES string of the molecule is Cc1cc(C)c(-c2ccc3c(c2)-c2cc(-c4c(C)cc(C)cc4C)ccc2[CH]3[Ti+2]([C]2=CC=CC2)=[C]2C3CC4CC(C3)CC2C4)c(C)c1.[Cl-].[Cl-]. The molecule has 0 spiro atoms. The molecule has 49 heavy (non-hydrogen) atoms. The average molecular weight is 720 g/mol. The summed E-state index contributed by atoms with van der Waals surface area (Å²) in [5.74, 6) is 3.80. The number of fused-ring (bicyclic) bond motifs is 3. The second kappa shape index (κ2) is 13.3. The van der Waals surface area contributed by atoms with Crippen molar-refractivity contribution in [1.82, 2.24) is 0 Å². The summed E-state index contributed by atoms with van der Waals surface area (Å²) < 4.78 is 4.50. The summed E-state index contributed by atoms with van der Waals surface area (Å²) in [5.41, 5.74) is 20.1. The summed E-state index contributed by atoms with van der Waals surface area (Å²) in [4.78, 5) is 0. The van der Waals surface area contributed by atoms with Crippen LogP contribution in [0.15, 0.2) is 82.8 Å². The first-order valence-corrected chi connectivity index (χ1v) is 20.7. The molecule has 6 aliphatic rings. The predicted octanol–water partition coefficient (Wildman–Crippen LogP) is 6.04. The molecule has 0 heterocycles. The van der Waals surface area contributed by atoms with E-state index < -0.39 is 17.4 Å². The van der Waals surface area contributed by atoms with Gasteiger partial charge in [0.2, 0.25) is 0 Å². The molecule has 4 fully saturated rings. The van der Waals surface area contributed by atoms with Gasteiger partial charge in [-0.3, -0.25) is 0 Å². The zero-order valence-corrected chi connectivity index (χ0v) is 33.0. The summed E-state index contributed by atoms with van der Waals surface area (Å²) in [5, 5.41) is 0. The van der Waals surface area contributed by atoms with Crippen LogP contribution in [-0.4, -0.2) is 3.81 Å². The molecule has 4 aromatic rings. The Labute approximate surface area is 312 Å². The van der Waals surface area contributed by atoms with Gasteiger partial charge < -0.3 is 24.8 Å². The monoisotopic (exact) mass is 718 g/mol.